The maximum absolute atomic E-state index is 13.0. The molecule has 0 aliphatic heterocycles. The first-order valence-electron chi connectivity index (χ1n) is 10.4. The number of esters is 1. The highest BCUT2D eigenvalue weighted by Crippen LogP contribution is 2.33. The molecule has 0 saturated carbocycles. The molecule has 0 radical (unpaired) electrons. The van der Waals surface area contributed by atoms with E-state index in [0.717, 1.165) is 12.1 Å². The van der Waals surface area contributed by atoms with E-state index in [9.17, 15) is 23.2 Å². The van der Waals surface area contributed by atoms with Gasteiger partial charge in [0, 0.05) is 5.56 Å². The van der Waals surface area contributed by atoms with Crippen molar-refractivity contribution in [3.05, 3.63) is 90.0 Å². The largest absolute Gasteiger partial charge is 0.573 e. The Labute approximate surface area is 195 Å². The number of carbonyl (C=O) groups excluding carboxylic acids is 1. The third-order valence-corrected chi connectivity index (χ3v) is 4.86. The number of nitrogens with zero attached hydrogens (tertiary/aromatic N) is 1. The van der Waals surface area contributed by atoms with Gasteiger partial charge in [-0.1, -0.05) is 56.3 Å². The molecule has 0 aliphatic carbocycles. The zero-order valence-electron chi connectivity index (χ0n) is 18.5. The zero-order valence-corrected chi connectivity index (χ0v) is 18.5. The van der Waals surface area contributed by atoms with Gasteiger partial charge in [-0.05, 0) is 47.9 Å². The molecule has 0 aromatic heterocycles. The molecule has 0 fully saturated rings. The van der Waals surface area contributed by atoms with E-state index in [0.29, 0.717) is 22.6 Å². The van der Waals surface area contributed by atoms with Crippen LogP contribution in [0.15, 0.2) is 78.9 Å². The number of ether oxygens (including phenoxy) is 3. The average Bonchev–Trinajstić information content (AvgIpc) is 2.77. The first kappa shape index (κ1) is 24.6. The Hall–Kier alpha value is -3.99. The monoisotopic (exact) mass is 469 g/mol. The van der Waals surface area contributed by atoms with E-state index in [4.69, 9.17) is 9.47 Å². The molecule has 0 spiro atoms. The Morgan fingerprint density at radius 2 is 1.44 bits per heavy atom. The summed E-state index contributed by atoms with van der Waals surface area (Å²) in [7, 11) is 0. The van der Waals surface area contributed by atoms with Crippen LogP contribution in [0.25, 0.3) is 0 Å². The number of carbonyl (C=O) groups is 1. The number of hydrogen-bond donors (Lipinski definition) is 0. The molecule has 176 valence electrons. The van der Waals surface area contributed by atoms with Gasteiger partial charge in [0.2, 0.25) is 6.10 Å². The van der Waals surface area contributed by atoms with Crippen molar-refractivity contribution in [3.63, 3.8) is 0 Å². The van der Waals surface area contributed by atoms with Crippen molar-refractivity contribution in [1.29, 1.82) is 5.26 Å². The van der Waals surface area contributed by atoms with Gasteiger partial charge in [-0.25, -0.2) is 0 Å². The van der Waals surface area contributed by atoms with Gasteiger partial charge in [0.15, 0.2) is 0 Å². The van der Waals surface area contributed by atoms with Crippen LogP contribution in [-0.4, -0.2) is 12.3 Å². The van der Waals surface area contributed by atoms with Crippen molar-refractivity contribution in [1.82, 2.24) is 0 Å². The second kappa shape index (κ2) is 10.8. The summed E-state index contributed by atoms with van der Waals surface area (Å²) in [5, 5.41) is 9.66. The summed E-state index contributed by atoms with van der Waals surface area (Å²) in [4.78, 5) is 13.0. The number of benzene rings is 3. The highest BCUT2D eigenvalue weighted by atomic mass is 19.4. The number of rotatable bonds is 8. The van der Waals surface area contributed by atoms with E-state index < -0.39 is 30.1 Å². The minimum absolute atomic E-state index is 0.291. The lowest BCUT2D eigenvalue weighted by Gasteiger charge is -2.22. The van der Waals surface area contributed by atoms with Crippen LogP contribution >= 0.6 is 0 Å². The molecule has 3 aromatic rings. The van der Waals surface area contributed by atoms with Crippen molar-refractivity contribution in [2.24, 2.45) is 5.92 Å². The Morgan fingerprint density at radius 1 is 0.853 bits per heavy atom. The summed E-state index contributed by atoms with van der Waals surface area (Å²) in [6.07, 6.45) is -6.09. The number of nitriles is 1. The van der Waals surface area contributed by atoms with Crippen LogP contribution in [0.3, 0.4) is 0 Å². The molecule has 34 heavy (non-hydrogen) atoms. The van der Waals surface area contributed by atoms with Gasteiger partial charge >= 0.3 is 12.3 Å². The molecular formula is C26H22F3NO4. The van der Waals surface area contributed by atoms with E-state index >= 15 is 0 Å². The predicted octanol–water partition coefficient (Wildman–Crippen LogP) is 6.93. The first-order chi connectivity index (χ1) is 16.2. The van der Waals surface area contributed by atoms with Crippen molar-refractivity contribution in [3.8, 4) is 23.3 Å². The van der Waals surface area contributed by atoms with Gasteiger partial charge in [-0.3, -0.25) is 4.79 Å². The summed E-state index contributed by atoms with van der Waals surface area (Å²) >= 11 is 0. The maximum atomic E-state index is 13.0. The molecule has 0 amide bonds. The van der Waals surface area contributed by atoms with Crippen molar-refractivity contribution in [2.75, 3.05) is 0 Å². The van der Waals surface area contributed by atoms with E-state index in [1.54, 1.807) is 50.2 Å². The van der Waals surface area contributed by atoms with E-state index in [-0.39, 0.29) is 5.92 Å². The Kier molecular flexibility index (Phi) is 7.79. The molecule has 0 aliphatic rings. The van der Waals surface area contributed by atoms with Gasteiger partial charge in [-0.15, -0.1) is 13.2 Å². The fourth-order valence-corrected chi connectivity index (χ4v) is 3.42. The van der Waals surface area contributed by atoms with Crippen LogP contribution in [0.4, 0.5) is 13.2 Å². The Bertz CT molecular complexity index is 1160. The van der Waals surface area contributed by atoms with Crippen molar-refractivity contribution < 1.29 is 32.2 Å². The molecule has 3 rings (SSSR count). The summed E-state index contributed by atoms with van der Waals surface area (Å²) in [5.41, 5.74) is 0.695. The molecule has 0 N–H and O–H groups in total. The van der Waals surface area contributed by atoms with Crippen LogP contribution in [0.1, 0.15) is 37.0 Å². The second-order valence-electron chi connectivity index (χ2n) is 7.78. The highest BCUT2D eigenvalue weighted by molar-refractivity contribution is 5.79. The number of para-hydroxylation sites is 1. The molecule has 8 heteroatoms. The van der Waals surface area contributed by atoms with E-state index in [1.807, 2.05) is 24.3 Å². The lowest BCUT2D eigenvalue weighted by Crippen LogP contribution is -2.23. The minimum atomic E-state index is -4.86. The van der Waals surface area contributed by atoms with Crippen LogP contribution in [0.2, 0.25) is 0 Å². The minimum Gasteiger partial charge on any atom is -0.457 e. The SMILES string of the molecule is CC(C)C(C(=O)OC(C#N)c1cccc(Oc2ccccc2)c1)c1cccc(OC(F)(F)F)c1. The summed E-state index contributed by atoms with van der Waals surface area (Å²) in [6.45, 7) is 3.47. The van der Waals surface area contributed by atoms with Gasteiger partial charge in [0.1, 0.15) is 23.3 Å². The normalized spacial score (nSPS) is 13.0. The maximum Gasteiger partial charge on any atom is 0.573 e. The summed E-state index contributed by atoms with van der Waals surface area (Å²) in [6, 6.07) is 22.8. The fraction of sp³-hybridized carbons (Fsp3) is 0.231. The topological polar surface area (TPSA) is 68.6 Å². The lowest BCUT2D eigenvalue weighted by molar-refractivity contribution is -0.274. The molecule has 2 atom stereocenters. The quantitative estimate of drug-likeness (QED) is 0.335. The summed E-state index contributed by atoms with van der Waals surface area (Å²) < 4.78 is 53.0. The van der Waals surface area contributed by atoms with Crippen molar-refractivity contribution >= 4 is 5.97 Å². The molecule has 5 nitrogen and oxygen atoms in total. The molecule has 0 saturated heterocycles. The molecule has 0 bridgehead atoms. The van der Waals surface area contributed by atoms with Gasteiger partial charge < -0.3 is 14.2 Å². The molecule has 2 unspecified atom stereocenters. The lowest BCUT2D eigenvalue weighted by atomic mass is 9.88. The standard InChI is InChI=1S/C26H22F3NO4/c1-17(2)24(19-9-7-13-22(15-19)34-26(27,28)29)25(31)33-23(16-30)18-8-6-12-21(14-18)32-20-10-4-3-5-11-20/h3-15,17,23-24H,1-2H3. The molecule has 3 aromatic carbocycles. The molecular weight excluding hydrogens is 447 g/mol. The number of hydrogen-bond acceptors (Lipinski definition) is 5. The zero-order chi connectivity index (χ0) is 24.7. The fourth-order valence-electron chi connectivity index (χ4n) is 3.42. The average molecular weight is 469 g/mol. The van der Waals surface area contributed by atoms with Crippen LogP contribution in [0.5, 0.6) is 17.2 Å². The highest BCUT2D eigenvalue weighted by Gasteiger charge is 2.33. The molecule has 0 heterocycles. The third-order valence-electron chi connectivity index (χ3n) is 4.86. The Morgan fingerprint density at radius 3 is 2.06 bits per heavy atom. The van der Waals surface area contributed by atoms with Gasteiger partial charge in [0.25, 0.3) is 0 Å². The van der Waals surface area contributed by atoms with Crippen LogP contribution < -0.4 is 9.47 Å². The number of halogens is 3. The Balaban J connectivity index is 1.80. The predicted molar refractivity (Wildman–Crippen MR) is 118 cm³/mol. The number of alkyl halides is 3. The van der Waals surface area contributed by atoms with E-state index in [1.165, 1.54) is 12.1 Å². The summed E-state index contributed by atoms with van der Waals surface area (Å²) in [5.74, 6) is -1.34. The van der Waals surface area contributed by atoms with Crippen LogP contribution in [-0.2, 0) is 9.53 Å². The van der Waals surface area contributed by atoms with Crippen molar-refractivity contribution in [2.45, 2.75) is 32.2 Å². The van der Waals surface area contributed by atoms with E-state index in [2.05, 4.69) is 4.74 Å². The third kappa shape index (κ3) is 6.75. The van der Waals surface area contributed by atoms with Gasteiger partial charge in [-0.2, -0.15) is 5.26 Å². The second-order valence-corrected chi connectivity index (χ2v) is 7.78. The smallest absolute Gasteiger partial charge is 0.457 e. The first-order valence-corrected chi connectivity index (χ1v) is 10.4. The van der Waals surface area contributed by atoms with Gasteiger partial charge in [0.05, 0.1) is 5.92 Å². The van der Waals surface area contributed by atoms with Crippen LogP contribution in [0, 0.1) is 17.2 Å².